The van der Waals surface area contributed by atoms with Gasteiger partial charge in [0.05, 0.1) is 17.6 Å². The van der Waals surface area contributed by atoms with Gasteiger partial charge in [0.1, 0.15) is 27.8 Å². The van der Waals surface area contributed by atoms with Crippen LogP contribution in [0.25, 0.3) is 16.9 Å². The predicted octanol–water partition coefficient (Wildman–Crippen LogP) is 4.85. The molecule has 0 spiro atoms. The van der Waals surface area contributed by atoms with E-state index in [-0.39, 0.29) is 34.3 Å². The van der Waals surface area contributed by atoms with Gasteiger partial charge in [-0.15, -0.1) is 0 Å². The number of nitrogens with zero attached hydrogens (tertiary/aromatic N) is 4. The summed E-state index contributed by atoms with van der Waals surface area (Å²) in [5.74, 6) is -1.70. The number of anilines is 1. The van der Waals surface area contributed by atoms with Gasteiger partial charge >= 0.3 is 0 Å². The van der Waals surface area contributed by atoms with Crippen LogP contribution in [0.1, 0.15) is 15.9 Å². The van der Waals surface area contributed by atoms with Crippen LogP contribution in [-0.4, -0.2) is 24.9 Å². The highest BCUT2D eigenvalue weighted by atomic mass is 35.5. The lowest BCUT2D eigenvalue weighted by molar-refractivity contribution is 0.0991. The van der Waals surface area contributed by atoms with Crippen LogP contribution < -0.4 is 16.0 Å². The quantitative estimate of drug-likeness (QED) is 0.320. The average Bonchev–Trinajstić information content (AvgIpc) is 3.24. The summed E-state index contributed by atoms with van der Waals surface area (Å²) in [5, 5.41) is 0.0449. The number of benzene rings is 2. The molecule has 37 heavy (non-hydrogen) atoms. The molecule has 3 aromatic heterocycles. The van der Waals surface area contributed by atoms with Crippen molar-refractivity contribution >= 4 is 34.4 Å². The number of Topliss-reactive ketones (excluding diaryl/α,β-unsaturated/α-hetero) is 1. The van der Waals surface area contributed by atoms with Gasteiger partial charge in [-0.05, 0) is 48.0 Å². The Kier molecular flexibility index (Phi) is 6.18. The highest BCUT2D eigenvalue weighted by Gasteiger charge is 2.20. The first-order chi connectivity index (χ1) is 17.7. The van der Waals surface area contributed by atoms with Gasteiger partial charge in [-0.2, -0.15) is 0 Å². The number of aryl methyl sites for hydroxylation is 1. The second kappa shape index (κ2) is 9.47. The van der Waals surface area contributed by atoms with Crippen LogP contribution in [0.2, 0.25) is 5.02 Å². The number of pyridine rings is 2. The van der Waals surface area contributed by atoms with Gasteiger partial charge in [-0.3, -0.25) is 14.2 Å². The van der Waals surface area contributed by atoms with E-state index in [0.29, 0.717) is 22.4 Å². The van der Waals surface area contributed by atoms with Crippen molar-refractivity contribution < 1.29 is 18.3 Å². The van der Waals surface area contributed by atoms with Crippen molar-refractivity contribution in [1.82, 2.24) is 19.1 Å². The van der Waals surface area contributed by atoms with Gasteiger partial charge in [0.25, 0.3) is 5.56 Å². The topological polar surface area (TPSA) is 105 Å². The number of imidazole rings is 1. The Morgan fingerprint density at radius 3 is 2.54 bits per heavy atom. The largest absolute Gasteiger partial charge is 0.453 e. The second-order valence-corrected chi connectivity index (χ2v) is 8.59. The normalized spacial score (nSPS) is 11.1. The Morgan fingerprint density at radius 2 is 1.81 bits per heavy atom. The van der Waals surface area contributed by atoms with Crippen molar-refractivity contribution in [3.63, 3.8) is 0 Å². The van der Waals surface area contributed by atoms with Gasteiger partial charge in [-0.25, -0.2) is 18.7 Å². The molecule has 186 valence electrons. The summed E-state index contributed by atoms with van der Waals surface area (Å²) in [6.45, 7) is 0. The van der Waals surface area contributed by atoms with Gasteiger partial charge in [0, 0.05) is 25.7 Å². The summed E-state index contributed by atoms with van der Waals surface area (Å²) in [5.41, 5.74) is 6.45. The molecule has 0 fully saturated rings. The van der Waals surface area contributed by atoms with Gasteiger partial charge in [-0.1, -0.05) is 17.7 Å². The molecule has 0 unspecified atom stereocenters. The zero-order chi connectivity index (χ0) is 26.3. The van der Waals surface area contributed by atoms with E-state index in [2.05, 4.69) is 9.97 Å². The van der Waals surface area contributed by atoms with E-state index in [1.807, 2.05) is 0 Å². The molecule has 8 nitrogen and oxygen atoms in total. The van der Waals surface area contributed by atoms with Gasteiger partial charge in [0.2, 0.25) is 0 Å². The minimum atomic E-state index is -0.736. The van der Waals surface area contributed by atoms with E-state index < -0.39 is 23.0 Å². The molecule has 0 aliphatic heterocycles. The average molecular weight is 522 g/mol. The van der Waals surface area contributed by atoms with E-state index in [1.165, 1.54) is 65.6 Å². The number of ketones is 1. The molecule has 3 heterocycles. The van der Waals surface area contributed by atoms with E-state index in [4.69, 9.17) is 22.1 Å². The maximum atomic E-state index is 14.8. The Morgan fingerprint density at radius 1 is 1.05 bits per heavy atom. The lowest BCUT2D eigenvalue weighted by Gasteiger charge is -2.12. The number of hydrogen-bond acceptors (Lipinski definition) is 6. The standard InChI is InChI=1S/C26H18ClF2N5O3/c1-33-13-32-19-12-17(26(36)34(25(19)33)16-5-3-15(28)4-6-16)20(35)11-14-2-7-21(18(29)10-14)37-22-8-9-31-24(30)23(22)27/h2-10,12-13H,11H2,1H3,(H2,30,31). The number of aromatic nitrogens is 4. The minimum Gasteiger partial charge on any atom is -0.453 e. The number of ether oxygens (including phenoxy) is 1. The van der Waals surface area contributed by atoms with E-state index in [0.717, 1.165) is 6.07 Å². The summed E-state index contributed by atoms with van der Waals surface area (Å²) in [7, 11) is 1.70. The molecule has 0 amide bonds. The second-order valence-electron chi connectivity index (χ2n) is 8.21. The van der Waals surface area contributed by atoms with Gasteiger partial charge in [0.15, 0.2) is 23.1 Å². The zero-order valence-corrected chi connectivity index (χ0v) is 20.0. The Balaban J connectivity index is 1.47. The monoisotopic (exact) mass is 521 g/mol. The van der Waals surface area contributed by atoms with Crippen molar-refractivity contribution in [3.8, 4) is 17.2 Å². The Hall–Kier alpha value is -4.57. The lowest BCUT2D eigenvalue weighted by atomic mass is 10.0. The van der Waals surface area contributed by atoms with Crippen molar-refractivity contribution in [2.24, 2.45) is 7.05 Å². The number of nitrogen functional groups attached to an aromatic ring is 1. The number of hydrogen-bond donors (Lipinski definition) is 1. The Labute approximate surface area is 213 Å². The molecule has 5 rings (SSSR count). The van der Waals surface area contributed by atoms with Crippen LogP contribution in [0.5, 0.6) is 11.5 Å². The molecule has 0 saturated heterocycles. The number of halogens is 3. The third kappa shape index (κ3) is 4.54. The van der Waals surface area contributed by atoms with Crippen molar-refractivity contribution in [3.05, 3.63) is 105 Å². The third-order valence-electron chi connectivity index (χ3n) is 5.71. The maximum Gasteiger partial charge on any atom is 0.267 e. The van der Waals surface area contributed by atoms with Crippen LogP contribution in [-0.2, 0) is 13.5 Å². The first-order valence-corrected chi connectivity index (χ1v) is 11.3. The molecule has 2 N–H and O–H groups in total. The van der Waals surface area contributed by atoms with Crippen molar-refractivity contribution in [2.75, 3.05) is 5.73 Å². The molecular formula is C26H18ClF2N5O3. The molecule has 0 aliphatic rings. The van der Waals surface area contributed by atoms with Crippen LogP contribution in [0.3, 0.4) is 0 Å². The fourth-order valence-electron chi connectivity index (χ4n) is 3.92. The minimum absolute atomic E-state index is 0.0398. The molecule has 2 aromatic carbocycles. The highest BCUT2D eigenvalue weighted by Crippen LogP contribution is 2.33. The van der Waals surface area contributed by atoms with Crippen LogP contribution in [0.15, 0.2) is 71.9 Å². The Bertz CT molecular complexity index is 1730. The fourth-order valence-corrected chi connectivity index (χ4v) is 4.07. The number of carbonyl (C=O) groups is 1. The fraction of sp³-hybridized carbons (Fsp3) is 0.0769. The summed E-state index contributed by atoms with van der Waals surface area (Å²) >= 11 is 6.05. The summed E-state index contributed by atoms with van der Waals surface area (Å²) in [6, 6.07) is 12.2. The molecular weight excluding hydrogens is 504 g/mol. The number of nitrogens with two attached hydrogens (primary N) is 1. The van der Waals surface area contributed by atoms with Crippen LogP contribution in [0, 0.1) is 11.6 Å². The molecule has 0 saturated carbocycles. The van der Waals surface area contributed by atoms with Crippen molar-refractivity contribution in [1.29, 1.82) is 0 Å². The van der Waals surface area contributed by atoms with Crippen LogP contribution in [0.4, 0.5) is 14.6 Å². The predicted molar refractivity (Wildman–Crippen MR) is 134 cm³/mol. The first-order valence-electron chi connectivity index (χ1n) is 11.0. The van der Waals surface area contributed by atoms with E-state index in [1.54, 1.807) is 11.6 Å². The molecule has 0 bridgehead atoms. The lowest BCUT2D eigenvalue weighted by Crippen LogP contribution is -2.27. The molecule has 0 aliphatic carbocycles. The summed E-state index contributed by atoms with van der Waals surface area (Å²) in [4.78, 5) is 34.7. The van der Waals surface area contributed by atoms with Crippen LogP contribution >= 0.6 is 11.6 Å². The SMILES string of the molecule is Cn1cnc2cc(C(=O)Cc3ccc(Oc4ccnc(N)c4Cl)c(F)c3)c(=O)n(-c3ccc(F)cc3)c21. The summed E-state index contributed by atoms with van der Waals surface area (Å²) < 4.78 is 36.7. The smallest absolute Gasteiger partial charge is 0.267 e. The molecule has 0 atom stereocenters. The first kappa shape index (κ1) is 24.1. The maximum absolute atomic E-state index is 14.8. The molecule has 11 heteroatoms. The van der Waals surface area contributed by atoms with Gasteiger partial charge < -0.3 is 15.0 Å². The number of fused-ring (bicyclic) bond motifs is 1. The van der Waals surface area contributed by atoms with E-state index >= 15 is 0 Å². The van der Waals surface area contributed by atoms with E-state index in [9.17, 15) is 18.4 Å². The summed E-state index contributed by atoms with van der Waals surface area (Å²) in [6.07, 6.45) is 2.63. The number of rotatable bonds is 6. The third-order valence-corrected chi connectivity index (χ3v) is 6.09. The molecule has 5 aromatic rings. The molecule has 0 radical (unpaired) electrons. The zero-order valence-electron chi connectivity index (χ0n) is 19.3. The number of carbonyl (C=O) groups excluding carboxylic acids is 1. The highest BCUT2D eigenvalue weighted by molar-refractivity contribution is 6.34. The van der Waals surface area contributed by atoms with Crippen molar-refractivity contribution in [2.45, 2.75) is 6.42 Å².